The van der Waals surface area contributed by atoms with E-state index >= 15 is 0 Å². The molecule has 0 atom stereocenters. The third-order valence-corrected chi connectivity index (χ3v) is 23.9. The van der Waals surface area contributed by atoms with Crippen LogP contribution in [-0.2, 0) is 21.7 Å². The molecule has 6 aliphatic rings. The van der Waals surface area contributed by atoms with E-state index in [0.717, 1.165) is 0 Å². The Morgan fingerprint density at radius 3 is 0.753 bits per heavy atom. The van der Waals surface area contributed by atoms with Gasteiger partial charge in [-0.2, -0.15) is 0 Å². The zero-order valence-corrected chi connectivity index (χ0v) is 54.6. The summed E-state index contributed by atoms with van der Waals surface area (Å²) in [5.74, 6) is 0.336. The van der Waals surface area contributed by atoms with Crippen LogP contribution in [-0.4, -0.2) is 0 Å². The molecule has 0 unspecified atom stereocenters. The van der Waals surface area contributed by atoms with Crippen LogP contribution in [0.3, 0.4) is 0 Å². The minimum absolute atomic E-state index is 0.168. The normalized spacial score (nSPS) is 15.6. The molecular weight excluding hydrogens is 1120 g/mol. The molecule has 0 spiro atoms. The monoisotopic (exact) mass is 1190 g/mol. The Kier molecular flexibility index (Phi) is 10.3. The first-order valence-electron chi connectivity index (χ1n) is 33.8. The molecule has 0 radical (unpaired) electrons. The first kappa shape index (κ1) is 53.5. The quantitative estimate of drug-likeness (QED) is 0.161. The molecule has 0 bridgehead atoms. The van der Waals surface area contributed by atoms with E-state index in [0.29, 0.717) is 5.92 Å². The molecule has 0 amide bonds. The second-order valence-electron chi connectivity index (χ2n) is 30.3. The van der Waals surface area contributed by atoms with Crippen LogP contribution in [0.25, 0.3) is 166 Å². The second-order valence-corrected chi connectivity index (χ2v) is 30.3. The SMILES string of the molecule is CC(C)c1ccc2c(-c3ccc4c(c3)C(C)(C)c3ccccc3-4)c3c(c(-c4ccc5c(c4)C(C)(C)c4ccccc4-5)c2c1)-c1ccc2c4c(ccc-3c14)-c1c-2c(-c2ccc3c(c2)C(C)(C)c2ccccc2-3)c2ccccc2c1-c1ccc2c(c1)C(C)(C)c1ccccc1-2. The van der Waals surface area contributed by atoms with Crippen molar-refractivity contribution in [3.8, 4) is 134 Å². The van der Waals surface area contributed by atoms with E-state index in [1.807, 2.05) is 0 Å². The smallest absolute Gasteiger partial charge is 0.0159 e. The van der Waals surface area contributed by atoms with E-state index in [1.54, 1.807) is 0 Å². The average molecular weight is 1190 g/mol. The highest BCUT2D eigenvalue weighted by Crippen LogP contribution is 2.66. The molecule has 0 heterocycles. The van der Waals surface area contributed by atoms with E-state index in [4.69, 9.17) is 0 Å². The summed E-state index contributed by atoms with van der Waals surface area (Å²) >= 11 is 0. The van der Waals surface area contributed by atoms with Gasteiger partial charge in [-0.15, -0.1) is 0 Å². The van der Waals surface area contributed by atoms with Gasteiger partial charge < -0.3 is 0 Å². The Morgan fingerprint density at radius 1 is 0.204 bits per heavy atom. The molecule has 14 aromatic rings. The second kappa shape index (κ2) is 17.9. The minimum Gasteiger partial charge on any atom is -0.0619 e. The Hall–Kier alpha value is -10.1. The molecule has 0 aromatic heterocycles. The van der Waals surface area contributed by atoms with E-state index in [2.05, 4.69) is 306 Å². The van der Waals surface area contributed by atoms with Crippen LogP contribution in [0.2, 0.25) is 0 Å². The summed E-state index contributed by atoms with van der Waals surface area (Å²) in [5, 5.41) is 7.90. The fourth-order valence-corrected chi connectivity index (χ4v) is 19.3. The third kappa shape index (κ3) is 6.67. The van der Waals surface area contributed by atoms with Crippen molar-refractivity contribution in [3.63, 3.8) is 0 Å². The summed E-state index contributed by atoms with van der Waals surface area (Å²) in [6.45, 7) is 24.1. The van der Waals surface area contributed by atoms with Gasteiger partial charge in [0.2, 0.25) is 0 Å². The average Bonchev–Trinajstić information content (AvgIpc) is 1.52. The van der Waals surface area contributed by atoms with Crippen LogP contribution >= 0.6 is 0 Å². The standard InChI is InChI=1S/C93H70/c1-50(2)51-31-40-66-71(45-51)83(55-35-39-63-59-24-16-20-30-75(59)93(9,10)79(63)49-55)89-70-44-43-68-84-67(41-42-69(85(70)84)88(89)82(66)54-34-38-62-58-23-15-19-29-74(58)92(7,8)78(62)48-54)86-80(52-32-36-60-56-21-13-17-27-72(56)90(3,4)76(60)46-52)64-25-11-12-26-65(64)81(87(68)86)53-33-37-61-57-22-14-18-28-73(57)91(5,6)77(61)47-53/h11-50H,1-10H3. The molecule has 0 fully saturated rings. The Bertz CT molecular complexity index is 5660. The van der Waals surface area contributed by atoms with Crippen molar-refractivity contribution in [1.29, 1.82) is 0 Å². The van der Waals surface area contributed by atoms with E-state index in [-0.39, 0.29) is 21.7 Å². The molecule has 0 N–H and O–H groups in total. The third-order valence-electron chi connectivity index (χ3n) is 23.9. The zero-order chi connectivity index (χ0) is 62.7. The van der Waals surface area contributed by atoms with E-state index in [9.17, 15) is 0 Å². The lowest BCUT2D eigenvalue weighted by Crippen LogP contribution is -2.15. The van der Waals surface area contributed by atoms with Gasteiger partial charge in [-0.25, -0.2) is 0 Å². The van der Waals surface area contributed by atoms with Gasteiger partial charge in [0.15, 0.2) is 0 Å². The van der Waals surface area contributed by atoms with E-state index < -0.39 is 0 Å². The summed E-state index contributed by atoms with van der Waals surface area (Å²) in [4.78, 5) is 0. The number of hydrogen-bond acceptors (Lipinski definition) is 0. The van der Waals surface area contributed by atoms with Gasteiger partial charge in [-0.1, -0.05) is 282 Å². The maximum absolute atomic E-state index is 2.59. The van der Waals surface area contributed by atoms with Gasteiger partial charge in [0.25, 0.3) is 0 Å². The number of benzene rings is 14. The highest BCUT2D eigenvalue weighted by atomic mass is 14.5. The van der Waals surface area contributed by atoms with Crippen molar-refractivity contribution < 1.29 is 0 Å². The Labute approximate surface area is 545 Å². The van der Waals surface area contributed by atoms with Crippen LogP contribution in [0.15, 0.2) is 237 Å². The highest BCUT2D eigenvalue weighted by Gasteiger charge is 2.43. The molecule has 442 valence electrons. The van der Waals surface area contributed by atoms with Crippen LogP contribution in [0.1, 0.15) is 125 Å². The fraction of sp³-hybridized carbons (Fsp3) is 0.161. The van der Waals surface area contributed by atoms with Gasteiger partial charge in [0.05, 0.1) is 0 Å². The van der Waals surface area contributed by atoms with Gasteiger partial charge in [-0.05, 0) is 246 Å². The first-order valence-corrected chi connectivity index (χ1v) is 33.8. The van der Waals surface area contributed by atoms with E-state index in [1.165, 1.54) is 216 Å². The molecule has 14 aromatic carbocycles. The fourth-order valence-electron chi connectivity index (χ4n) is 19.3. The van der Waals surface area contributed by atoms with Crippen molar-refractivity contribution in [2.24, 2.45) is 0 Å². The molecular formula is C93H70. The molecule has 93 heavy (non-hydrogen) atoms. The van der Waals surface area contributed by atoms with Crippen LogP contribution in [0.5, 0.6) is 0 Å². The molecule has 0 heteroatoms. The maximum Gasteiger partial charge on any atom is 0.0159 e. The van der Waals surface area contributed by atoms with Crippen molar-refractivity contribution in [1.82, 2.24) is 0 Å². The lowest BCUT2D eigenvalue weighted by atomic mass is 9.77. The van der Waals surface area contributed by atoms with Crippen LogP contribution < -0.4 is 0 Å². The van der Waals surface area contributed by atoms with Crippen LogP contribution in [0, 0.1) is 0 Å². The molecule has 0 saturated carbocycles. The molecule has 0 saturated heterocycles. The predicted octanol–water partition coefficient (Wildman–Crippen LogP) is 25.5. The first-order chi connectivity index (χ1) is 45.0. The summed E-state index contributed by atoms with van der Waals surface area (Å²) in [6.07, 6.45) is 0. The van der Waals surface area contributed by atoms with Gasteiger partial charge >= 0.3 is 0 Å². The van der Waals surface area contributed by atoms with Gasteiger partial charge in [-0.3, -0.25) is 0 Å². The topological polar surface area (TPSA) is 0 Å². The summed E-state index contributed by atoms with van der Waals surface area (Å²) < 4.78 is 0. The molecule has 0 aliphatic heterocycles. The van der Waals surface area contributed by atoms with Crippen molar-refractivity contribution in [3.05, 3.63) is 287 Å². The Balaban J connectivity index is 0.911. The van der Waals surface area contributed by atoms with Gasteiger partial charge in [0.1, 0.15) is 0 Å². The molecule has 6 aliphatic carbocycles. The highest BCUT2D eigenvalue weighted by molar-refractivity contribution is 6.35. The van der Waals surface area contributed by atoms with Crippen molar-refractivity contribution in [2.75, 3.05) is 0 Å². The van der Waals surface area contributed by atoms with Crippen molar-refractivity contribution >= 4 is 32.3 Å². The predicted molar refractivity (Wildman–Crippen MR) is 394 cm³/mol. The van der Waals surface area contributed by atoms with Crippen molar-refractivity contribution in [2.45, 2.75) is 96.8 Å². The lowest BCUT2D eigenvalue weighted by Gasteiger charge is -2.25. The summed E-state index contributed by atoms with van der Waals surface area (Å²) in [5.41, 5.74) is 43.6. The zero-order valence-electron chi connectivity index (χ0n) is 54.6. The van der Waals surface area contributed by atoms with Crippen LogP contribution in [0.4, 0.5) is 0 Å². The summed E-state index contributed by atoms with van der Waals surface area (Å²) in [7, 11) is 0. The number of fused-ring (bicyclic) bond motifs is 20. The Morgan fingerprint density at radius 2 is 0.452 bits per heavy atom. The maximum atomic E-state index is 2.59. The van der Waals surface area contributed by atoms with Gasteiger partial charge in [0, 0.05) is 21.7 Å². The molecule has 20 rings (SSSR count). The molecule has 0 nitrogen and oxygen atoms in total. The number of hydrogen-bond donors (Lipinski definition) is 0. The largest absolute Gasteiger partial charge is 0.0619 e. The lowest BCUT2D eigenvalue weighted by molar-refractivity contribution is 0.660. The minimum atomic E-state index is -0.174. The number of rotatable bonds is 5. The summed E-state index contributed by atoms with van der Waals surface area (Å²) in [6, 6.07) is 93.4.